The topological polar surface area (TPSA) is 48.9 Å². The van der Waals surface area contributed by atoms with Gasteiger partial charge in [-0.05, 0) is 60.4 Å². The Labute approximate surface area is 228 Å². The molecule has 3 aliphatic rings. The first-order valence-corrected chi connectivity index (χ1v) is 14.5. The lowest BCUT2D eigenvalue weighted by Crippen LogP contribution is -2.37. The van der Waals surface area contributed by atoms with Gasteiger partial charge in [-0.3, -0.25) is 9.69 Å². The largest absolute Gasteiger partial charge is 0.378 e. The maximum atomic E-state index is 15.3. The van der Waals surface area contributed by atoms with Crippen molar-refractivity contribution in [3.05, 3.63) is 75.5 Å². The number of morpholine rings is 1. The van der Waals surface area contributed by atoms with Crippen LogP contribution in [0.3, 0.4) is 0 Å². The van der Waals surface area contributed by atoms with Gasteiger partial charge in [0.25, 0.3) is 5.91 Å². The van der Waals surface area contributed by atoms with E-state index in [1.807, 2.05) is 29.3 Å². The summed E-state index contributed by atoms with van der Waals surface area (Å²) in [5.41, 5.74) is 4.33. The Kier molecular flexibility index (Phi) is 7.20. The third kappa shape index (κ3) is 5.22. The Balaban J connectivity index is 1.16. The second kappa shape index (κ2) is 10.8. The zero-order valence-electron chi connectivity index (χ0n) is 22.1. The van der Waals surface area contributed by atoms with E-state index in [4.69, 9.17) is 4.74 Å². The highest BCUT2D eigenvalue weighted by atomic mass is 32.1. The summed E-state index contributed by atoms with van der Waals surface area (Å²) in [7, 11) is 0. The third-order valence-electron chi connectivity index (χ3n) is 8.36. The summed E-state index contributed by atoms with van der Waals surface area (Å²) in [5.74, 6) is 1.14. The van der Waals surface area contributed by atoms with E-state index in [1.54, 1.807) is 4.90 Å². The fourth-order valence-electron chi connectivity index (χ4n) is 6.12. The van der Waals surface area contributed by atoms with Crippen molar-refractivity contribution in [1.82, 2.24) is 9.88 Å². The smallest absolute Gasteiger partial charge is 0.277 e. The Morgan fingerprint density at radius 1 is 1.11 bits per heavy atom. The van der Waals surface area contributed by atoms with E-state index in [0.717, 1.165) is 31.1 Å². The summed E-state index contributed by atoms with van der Waals surface area (Å²) in [6.07, 6.45) is 1.06. The van der Waals surface area contributed by atoms with Crippen LogP contribution >= 0.6 is 11.3 Å². The van der Waals surface area contributed by atoms with Crippen molar-refractivity contribution >= 4 is 28.6 Å². The van der Waals surface area contributed by atoms with Crippen molar-refractivity contribution in [2.24, 2.45) is 17.8 Å². The van der Waals surface area contributed by atoms with Crippen LogP contribution < -0.4 is 9.80 Å². The molecule has 1 amide bonds. The van der Waals surface area contributed by atoms with E-state index < -0.39 is 0 Å². The van der Waals surface area contributed by atoms with Gasteiger partial charge in [0.05, 0.1) is 23.9 Å². The van der Waals surface area contributed by atoms with Crippen LogP contribution in [0.15, 0.2) is 47.8 Å². The predicted octanol–water partition coefficient (Wildman–Crippen LogP) is 5.01. The second-order valence-corrected chi connectivity index (χ2v) is 11.8. The molecule has 8 heteroatoms. The number of thiazole rings is 1. The van der Waals surface area contributed by atoms with Crippen LogP contribution in [-0.2, 0) is 17.7 Å². The zero-order valence-corrected chi connectivity index (χ0v) is 22.9. The minimum atomic E-state index is -0.298. The van der Waals surface area contributed by atoms with Gasteiger partial charge in [0.15, 0.2) is 0 Å². The molecule has 2 aromatic carbocycles. The fourth-order valence-corrected chi connectivity index (χ4v) is 6.70. The summed E-state index contributed by atoms with van der Waals surface area (Å²) < 4.78 is 20.7. The number of ether oxygens (including phenoxy) is 1. The number of aryl methyl sites for hydroxylation is 2. The molecule has 1 saturated carbocycles. The molecule has 1 aromatic heterocycles. The molecule has 2 saturated heterocycles. The number of aromatic nitrogens is 1. The molecule has 1 aliphatic carbocycles. The van der Waals surface area contributed by atoms with Crippen LogP contribution in [0.2, 0.25) is 0 Å². The lowest BCUT2D eigenvalue weighted by Gasteiger charge is -2.30. The van der Waals surface area contributed by atoms with Crippen molar-refractivity contribution in [2.45, 2.75) is 26.8 Å². The second-order valence-electron chi connectivity index (χ2n) is 10.8. The molecular formula is C30H35FN4O2S. The molecule has 3 heterocycles. The number of halogens is 1. The minimum absolute atomic E-state index is 0.147. The molecule has 0 bridgehead atoms. The summed E-state index contributed by atoms with van der Waals surface area (Å²) in [5, 5.41) is 2.66. The SMILES string of the molecule is CCc1ccc(CN2CC3C(C2)C3CN(C(=O)c2csc(C)n2)c2ccc(N3CCOCC3)c(F)c2)cc1. The van der Waals surface area contributed by atoms with E-state index in [9.17, 15) is 4.79 Å². The van der Waals surface area contributed by atoms with Crippen LogP contribution in [0.4, 0.5) is 15.8 Å². The average Bonchev–Trinajstić information content (AvgIpc) is 3.23. The zero-order chi connectivity index (χ0) is 26.2. The molecule has 200 valence electrons. The van der Waals surface area contributed by atoms with Gasteiger partial charge in [-0.1, -0.05) is 31.2 Å². The Morgan fingerprint density at radius 2 is 1.82 bits per heavy atom. The quantitative estimate of drug-likeness (QED) is 0.407. The summed E-state index contributed by atoms with van der Waals surface area (Å²) in [4.78, 5) is 24.3. The van der Waals surface area contributed by atoms with E-state index in [1.165, 1.54) is 28.5 Å². The number of carbonyl (C=O) groups is 1. The first-order valence-electron chi connectivity index (χ1n) is 13.7. The number of hydrogen-bond acceptors (Lipinski definition) is 6. The van der Waals surface area contributed by atoms with E-state index in [2.05, 4.69) is 41.1 Å². The Hall–Kier alpha value is -2.81. The van der Waals surface area contributed by atoms with Crippen molar-refractivity contribution < 1.29 is 13.9 Å². The van der Waals surface area contributed by atoms with Gasteiger partial charge in [0.2, 0.25) is 0 Å². The highest BCUT2D eigenvalue weighted by Gasteiger charge is 2.56. The van der Waals surface area contributed by atoms with Crippen LogP contribution in [-0.4, -0.2) is 61.7 Å². The molecule has 2 unspecified atom stereocenters. The summed E-state index contributed by atoms with van der Waals surface area (Å²) >= 11 is 1.47. The van der Waals surface area contributed by atoms with Gasteiger partial charge in [0.1, 0.15) is 11.5 Å². The van der Waals surface area contributed by atoms with Crippen LogP contribution in [0.5, 0.6) is 0 Å². The number of likely N-dealkylation sites (tertiary alicyclic amines) is 1. The third-order valence-corrected chi connectivity index (χ3v) is 9.13. The van der Waals surface area contributed by atoms with Crippen LogP contribution in [0.1, 0.15) is 33.5 Å². The van der Waals surface area contributed by atoms with Gasteiger partial charge >= 0.3 is 0 Å². The van der Waals surface area contributed by atoms with Gasteiger partial charge in [0, 0.05) is 50.3 Å². The normalized spacial score (nSPS) is 22.9. The molecule has 0 radical (unpaired) electrons. The van der Waals surface area contributed by atoms with Crippen molar-refractivity contribution in [1.29, 1.82) is 0 Å². The molecule has 2 atom stereocenters. The Morgan fingerprint density at radius 3 is 2.45 bits per heavy atom. The molecular weight excluding hydrogens is 499 g/mol. The van der Waals surface area contributed by atoms with E-state index >= 15 is 4.39 Å². The number of piperidine rings is 1. The maximum Gasteiger partial charge on any atom is 0.277 e. The highest BCUT2D eigenvalue weighted by molar-refractivity contribution is 7.09. The van der Waals surface area contributed by atoms with Crippen LogP contribution in [0, 0.1) is 30.5 Å². The standard InChI is InChI=1S/C30H35FN4O2S/c1-3-21-4-6-22(7-5-21)15-33-16-24-25(17-33)26(24)18-35(30(36)28-19-38-20(2)32-28)23-8-9-29(27(31)14-23)34-10-12-37-13-11-34/h4-9,14,19,24-26H,3,10-13,15-18H2,1-2H3. The lowest BCUT2D eigenvalue weighted by molar-refractivity contribution is 0.0979. The van der Waals surface area contributed by atoms with Gasteiger partial charge < -0.3 is 14.5 Å². The number of anilines is 2. The first kappa shape index (κ1) is 25.5. The highest BCUT2D eigenvalue weighted by Crippen LogP contribution is 2.52. The van der Waals surface area contributed by atoms with E-state index in [0.29, 0.717) is 67.7 Å². The number of rotatable bonds is 8. The van der Waals surface area contributed by atoms with Crippen molar-refractivity contribution in [2.75, 3.05) is 55.7 Å². The Bertz CT molecular complexity index is 1280. The van der Waals surface area contributed by atoms with Crippen LogP contribution in [0.25, 0.3) is 0 Å². The number of benzene rings is 2. The number of hydrogen-bond donors (Lipinski definition) is 0. The van der Waals surface area contributed by atoms with Crippen molar-refractivity contribution in [3.63, 3.8) is 0 Å². The molecule has 3 fully saturated rings. The number of carbonyl (C=O) groups excluding carboxylic acids is 1. The first-order chi connectivity index (χ1) is 18.5. The number of nitrogens with zero attached hydrogens (tertiary/aromatic N) is 4. The molecule has 3 aromatic rings. The average molecular weight is 535 g/mol. The maximum absolute atomic E-state index is 15.3. The molecule has 2 aliphatic heterocycles. The summed E-state index contributed by atoms with van der Waals surface area (Å²) in [6, 6.07) is 14.1. The van der Waals surface area contributed by atoms with E-state index in [-0.39, 0.29) is 11.7 Å². The van der Waals surface area contributed by atoms with Gasteiger partial charge in [-0.25, -0.2) is 9.37 Å². The minimum Gasteiger partial charge on any atom is -0.378 e. The fraction of sp³-hybridized carbons (Fsp3) is 0.467. The predicted molar refractivity (Wildman–Crippen MR) is 150 cm³/mol. The molecule has 0 N–H and O–H groups in total. The molecule has 38 heavy (non-hydrogen) atoms. The lowest BCUT2D eigenvalue weighted by atomic mass is 10.1. The summed E-state index contributed by atoms with van der Waals surface area (Å²) in [6.45, 7) is 10.3. The van der Waals surface area contributed by atoms with Gasteiger partial charge in [-0.2, -0.15) is 0 Å². The van der Waals surface area contributed by atoms with Crippen molar-refractivity contribution in [3.8, 4) is 0 Å². The monoisotopic (exact) mass is 534 g/mol. The number of fused-ring (bicyclic) bond motifs is 1. The molecule has 0 spiro atoms. The van der Waals surface area contributed by atoms with Gasteiger partial charge in [-0.15, -0.1) is 11.3 Å². The number of amides is 1. The molecule has 6 rings (SSSR count). The molecule has 6 nitrogen and oxygen atoms in total.